The minimum atomic E-state index is -0.543. The molecule has 0 saturated carbocycles. The van der Waals surface area contributed by atoms with Crippen molar-refractivity contribution in [2.75, 3.05) is 5.32 Å². The van der Waals surface area contributed by atoms with E-state index in [1.54, 1.807) is 36.7 Å². The number of rotatable bonds is 3. The van der Waals surface area contributed by atoms with Crippen molar-refractivity contribution in [3.8, 4) is 16.9 Å². The van der Waals surface area contributed by atoms with Gasteiger partial charge >= 0.3 is 6.09 Å². The number of nitrogens with zero attached hydrogens (tertiary/aromatic N) is 1. The number of benzene rings is 2. The van der Waals surface area contributed by atoms with Crippen LogP contribution in [0.3, 0.4) is 0 Å². The molecule has 1 N–H and O–H groups in total. The molecule has 0 radical (unpaired) electrons. The van der Waals surface area contributed by atoms with Crippen molar-refractivity contribution in [2.45, 2.75) is 0 Å². The number of carbonyl (C=O) groups excluding carboxylic acids is 1. The summed E-state index contributed by atoms with van der Waals surface area (Å²) >= 11 is 0. The molecule has 4 nitrogen and oxygen atoms in total. The van der Waals surface area contributed by atoms with Crippen LogP contribution in [0.5, 0.6) is 5.75 Å². The molecule has 108 valence electrons. The van der Waals surface area contributed by atoms with Gasteiger partial charge in [0.15, 0.2) is 0 Å². The molecule has 3 rings (SSSR count). The van der Waals surface area contributed by atoms with E-state index in [2.05, 4.69) is 10.3 Å². The number of anilines is 1. The Kier molecular flexibility index (Phi) is 4.11. The smallest absolute Gasteiger partial charge is 0.410 e. The quantitative estimate of drug-likeness (QED) is 0.779. The van der Waals surface area contributed by atoms with E-state index in [-0.39, 0.29) is 0 Å². The van der Waals surface area contributed by atoms with Crippen LogP contribution >= 0.6 is 0 Å². The molecule has 0 fully saturated rings. The average Bonchev–Trinajstić information content (AvgIpc) is 2.57. The summed E-state index contributed by atoms with van der Waals surface area (Å²) in [6, 6.07) is 20.6. The zero-order valence-electron chi connectivity index (χ0n) is 11.8. The van der Waals surface area contributed by atoms with Crippen molar-refractivity contribution in [3.63, 3.8) is 0 Å². The molecule has 22 heavy (non-hydrogen) atoms. The summed E-state index contributed by atoms with van der Waals surface area (Å²) < 4.78 is 5.19. The fourth-order valence-corrected chi connectivity index (χ4v) is 2.04. The highest BCUT2D eigenvalue weighted by molar-refractivity contribution is 5.87. The lowest BCUT2D eigenvalue weighted by atomic mass is 10.1. The van der Waals surface area contributed by atoms with Crippen LogP contribution in [0.2, 0.25) is 0 Å². The van der Waals surface area contributed by atoms with Gasteiger partial charge in [0.25, 0.3) is 0 Å². The maximum absolute atomic E-state index is 11.9. The summed E-state index contributed by atoms with van der Waals surface area (Å²) in [4.78, 5) is 16.0. The van der Waals surface area contributed by atoms with Gasteiger partial charge in [-0.05, 0) is 23.8 Å². The number of ether oxygens (including phenoxy) is 1. The Labute approximate surface area is 128 Å². The first-order chi connectivity index (χ1) is 10.8. The lowest BCUT2D eigenvalue weighted by Gasteiger charge is -2.08. The second-order valence-corrected chi connectivity index (χ2v) is 4.66. The Morgan fingerprint density at radius 3 is 2.27 bits per heavy atom. The monoisotopic (exact) mass is 290 g/mol. The highest BCUT2D eigenvalue weighted by atomic mass is 16.6. The number of pyridine rings is 1. The van der Waals surface area contributed by atoms with E-state index < -0.39 is 6.09 Å². The molecule has 1 aromatic heterocycles. The van der Waals surface area contributed by atoms with Gasteiger partial charge in [-0.3, -0.25) is 10.3 Å². The molecule has 0 unspecified atom stereocenters. The summed E-state index contributed by atoms with van der Waals surface area (Å²) in [7, 11) is 0. The number of nitrogens with one attached hydrogen (secondary N) is 1. The molecule has 0 aliphatic heterocycles. The van der Waals surface area contributed by atoms with Crippen molar-refractivity contribution >= 4 is 11.8 Å². The van der Waals surface area contributed by atoms with Crippen molar-refractivity contribution in [2.24, 2.45) is 0 Å². The molecule has 0 atom stereocenters. The number of carbonyl (C=O) groups is 1. The molecule has 1 heterocycles. The number of amides is 1. The van der Waals surface area contributed by atoms with Crippen LogP contribution in [0.1, 0.15) is 0 Å². The number of hydrogen-bond acceptors (Lipinski definition) is 3. The molecular weight excluding hydrogens is 276 g/mol. The molecule has 4 heteroatoms. The molecule has 0 aliphatic rings. The van der Waals surface area contributed by atoms with Crippen molar-refractivity contribution in [1.29, 1.82) is 0 Å². The third-order valence-electron chi connectivity index (χ3n) is 3.05. The van der Waals surface area contributed by atoms with Crippen LogP contribution in [-0.4, -0.2) is 11.1 Å². The first-order valence-corrected chi connectivity index (χ1v) is 6.85. The molecule has 0 bridgehead atoms. The van der Waals surface area contributed by atoms with E-state index in [1.165, 1.54) is 0 Å². The normalized spacial score (nSPS) is 10.0. The predicted octanol–water partition coefficient (Wildman–Crippen LogP) is 4.36. The topological polar surface area (TPSA) is 51.2 Å². The van der Waals surface area contributed by atoms with Gasteiger partial charge in [0.2, 0.25) is 0 Å². The van der Waals surface area contributed by atoms with Gasteiger partial charge in [-0.15, -0.1) is 0 Å². The van der Waals surface area contributed by atoms with Gasteiger partial charge < -0.3 is 4.74 Å². The molecule has 0 spiro atoms. The minimum Gasteiger partial charge on any atom is -0.410 e. The van der Waals surface area contributed by atoms with Crippen LogP contribution in [-0.2, 0) is 0 Å². The summed E-state index contributed by atoms with van der Waals surface area (Å²) in [5.41, 5.74) is 2.55. The number of aromatic nitrogens is 1. The minimum absolute atomic E-state index is 0.493. The Hall–Kier alpha value is -3.14. The summed E-state index contributed by atoms with van der Waals surface area (Å²) in [5.74, 6) is 0.493. The molecule has 0 aliphatic carbocycles. The largest absolute Gasteiger partial charge is 0.417 e. The number of hydrogen-bond donors (Lipinski definition) is 1. The van der Waals surface area contributed by atoms with Crippen LogP contribution in [0.25, 0.3) is 11.1 Å². The zero-order valence-corrected chi connectivity index (χ0v) is 11.8. The average molecular weight is 290 g/mol. The van der Waals surface area contributed by atoms with E-state index in [0.29, 0.717) is 11.4 Å². The van der Waals surface area contributed by atoms with Crippen molar-refractivity contribution < 1.29 is 9.53 Å². The summed E-state index contributed by atoms with van der Waals surface area (Å²) in [6.07, 6.45) is 2.79. The lowest BCUT2D eigenvalue weighted by Crippen LogP contribution is -2.16. The van der Waals surface area contributed by atoms with Crippen molar-refractivity contribution in [1.82, 2.24) is 4.98 Å². The maximum Gasteiger partial charge on any atom is 0.417 e. The van der Waals surface area contributed by atoms with E-state index in [1.807, 2.05) is 42.5 Å². The fraction of sp³-hybridized carbons (Fsp3) is 0. The Morgan fingerprint density at radius 1 is 0.864 bits per heavy atom. The highest BCUT2D eigenvalue weighted by Gasteiger charge is 2.06. The molecule has 0 saturated heterocycles. The van der Waals surface area contributed by atoms with E-state index in [0.717, 1.165) is 11.1 Å². The van der Waals surface area contributed by atoms with E-state index in [9.17, 15) is 4.79 Å². The molecule has 3 aromatic rings. The van der Waals surface area contributed by atoms with Gasteiger partial charge in [0.1, 0.15) is 5.75 Å². The zero-order chi connectivity index (χ0) is 15.2. The van der Waals surface area contributed by atoms with Gasteiger partial charge in [0, 0.05) is 11.8 Å². The van der Waals surface area contributed by atoms with Gasteiger partial charge in [0.05, 0.1) is 11.9 Å². The standard InChI is InChI=1S/C18H14N2O2/c21-18(22-17-9-5-2-6-10-17)20-16-11-15(12-19-13-16)14-7-3-1-4-8-14/h1-13H,(H,20,21). The first-order valence-electron chi connectivity index (χ1n) is 6.85. The Balaban J connectivity index is 1.72. The van der Waals surface area contributed by atoms with Gasteiger partial charge in [-0.25, -0.2) is 4.79 Å². The fourth-order valence-electron chi connectivity index (χ4n) is 2.04. The first kappa shape index (κ1) is 13.8. The summed E-state index contributed by atoms with van der Waals surface area (Å²) in [6.45, 7) is 0. The maximum atomic E-state index is 11.9. The molecule has 1 amide bonds. The van der Waals surface area contributed by atoms with Crippen LogP contribution in [0.15, 0.2) is 79.1 Å². The van der Waals surface area contributed by atoms with Gasteiger partial charge in [-0.2, -0.15) is 0 Å². The molecular formula is C18H14N2O2. The Morgan fingerprint density at radius 2 is 1.55 bits per heavy atom. The molecule has 2 aromatic carbocycles. The second-order valence-electron chi connectivity index (χ2n) is 4.66. The third kappa shape index (κ3) is 3.49. The van der Waals surface area contributed by atoms with Crippen LogP contribution in [0.4, 0.5) is 10.5 Å². The van der Waals surface area contributed by atoms with Crippen molar-refractivity contribution in [3.05, 3.63) is 79.1 Å². The summed E-state index contributed by atoms with van der Waals surface area (Å²) in [5, 5.41) is 2.68. The van der Waals surface area contributed by atoms with E-state index in [4.69, 9.17) is 4.74 Å². The predicted molar refractivity (Wildman–Crippen MR) is 85.8 cm³/mol. The van der Waals surface area contributed by atoms with Crippen LogP contribution in [0, 0.1) is 0 Å². The highest BCUT2D eigenvalue weighted by Crippen LogP contribution is 2.21. The van der Waals surface area contributed by atoms with Crippen LogP contribution < -0.4 is 10.1 Å². The Bertz CT molecular complexity index is 758. The SMILES string of the molecule is O=C(Nc1cncc(-c2ccccc2)c1)Oc1ccccc1. The van der Waals surface area contributed by atoms with E-state index >= 15 is 0 Å². The lowest BCUT2D eigenvalue weighted by molar-refractivity contribution is 0.215. The third-order valence-corrected chi connectivity index (χ3v) is 3.05. The number of para-hydroxylation sites is 1. The van der Waals surface area contributed by atoms with Gasteiger partial charge in [-0.1, -0.05) is 48.5 Å². The second kappa shape index (κ2) is 6.54.